The van der Waals surface area contributed by atoms with Crippen molar-refractivity contribution in [2.24, 2.45) is 43.6 Å². The van der Waals surface area contributed by atoms with E-state index in [1.54, 1.807) is 19.9 Å². The summed E-state index contributed by atoms with van der Waals surface area (Å²) < 4.78 is 29.3. The normalized spacial score (nSPS) is 28.5. The van der Waals surface area contributed by atoms with Crippen LogP contribution in [0, 0.1) is 28.6 Å². The van der Waals surface area contributed by atoms with Crippen molar-refractivity contribution in [3.8, 4) is 0 Å². The molecule has 0 amide bonds. The van der Waals surface area contributed by atoms with Gasteiger partial charge < -0.3 is 39.2 Å². The number of epoxide rings is 1. The number of ketones is 1. The fraction of sp³-hybridized carbons (Fsp3) is 0.463. The molecule has 0 aromatic rings. The van der Waals surface area contributed by atoms with Gasteiger partial charge in [0, 0.05) is 90.0 Å². The van der Waals surface area contributed by atoms with Crippen molar-refractivity contribution in [3.05, 3.63) is 205 Å². The summed E-state index contributed by atoms with van der Waals surface area (Å²) in [5, 5.41) is 27.7. The molecular formula is C80H96N4O12. The SMILES string of the molecule is C=CC1=C(C)C2=NC1=CC1=NC(=CC3=C(C)C4=C(O)[C@H](C(=O)O[C@H]5CC(C)(C)[C@@]6(CC(=O)/C(C)=C/C=C/C(C)=C/C=C/C=C(C)/C=C/C=C(\C)C=C=C7C(C)(C)C[C@H](OC(C)=O)C[C@@]7(C)O)O[C@@]6(CCC(=O)OC)C5)C(=C5NC(=C2)[C@@H](C)[C@@H]5CCC(=O)OC)C4=N3)C(CC)=C1C. The summed E-state index contributed by atoms with van der Waals surface area (Å²) >= 11 is 0. The lowest BCUT2D eigenvalue weighted by Crippen LogP contribution is -2.50. The van der Waals surface area contributed by atoms with Gasteiger partial charge in [0.1, 0.15) is 35.1 Å². The number of ether oxygens (including phenoxy) is 5. The Balaban J connectivity index is 0.933. The van der Waals surface area contributed by atoms with Crippen molar-refractivity contribution in [3.63, 3.8) is 0 Å². The summed E-state index contributed by atoms with van der Waals surface area (Å²) in [6.45, 7) is 33.2. The molecule has 4 fully saturated rings. The molecule has 6 aliphatic heterocycles. The minimum atomic E-state index is -1.32. The van der Waals surface area contributed by atoms with Crippen LogP contribution in [-0.2, 0) is 47.7 Å². The summed E-state index contributed by atoms with van der Waals surface area (Å²) in [4.78, 5) is 83.0. The highest BCUT2D eigenvalue weighted by Gasteiger charge is 2.78. The van der Waals surface area contributed by atoms with Crippen LogP contribution in [0.2, 0.25) is 0 Å². The molecule has 8 bridgehead atoms. The van der Waals surface area contributed by atoms with Crippen LogP contribution < -0.4 is 5.32 Å². The fourth-order valence-corrected chi connectivity index (χ4v) is 15.6. The van der Waals surface area contributed by atoms with Gasteiger partial charge in [0.2, 0.25) is 0 Å². The third kappa shape index (κ3) is 14.4. The molecule has 16 heteroatoms. The molecule has 3 N–H and O–H groups in total. The van der Waals surface area contributed by atoms with Crippen LogP contribution in [0.3, 0.4) is 0 Å². The average molecular weight is 1310 g/mol. The van der Waals surface area contributed by atoms with Crippen LogP contribution >= 0.6 is 0 Å². The predicted octanol–water partition coefficient (Wildman–Crippen LogP) is 15.2. The van der Waals surface area contributed by atoms with E-state index >= 15 is 4.79 Å². The number of nitrogens with zero attached hydrogens (tertiary/aromatic N) is 3. The highest BCUT2D eigenvalue weighted by Crippen LogP contribution is 2.69. The van der Waals surface area contributed by atoms with Gasteiger partial charge in [-0.15, -0.1) is 5.73 Å². The fourth-order valence-electron chi connectivity index (χ4n) is 15.6. The molecule has 6 heterocycles. The lowest BCUT2D eigenvalue weighted by atomic mass is 9.60. The van der Waals surface area contributed by atoms with Crippen LogP contribution in [0.5, 0.6) is 0 Å². The number of Topliss-reactive ketones (excluding diaryl/α,β-unsaturated/α-hetero) is 1. The molecule has 3 aliphatic carbocycles. The minimum Gasteiger partial charge on any atom is -0.510 e. The highest BCUT2D eigenvalue weighted by molar-refractivity contribution is 6.24. The Morgan fingerprint density at radius 3 is 2.02 bits per heavy atom. The van der Waals surface area contributed by atoms with Gasteiger partial charge in [-0.3, -0.25) is 24.0 Å². The molecule has 508 valence electrons. The number of esters is 4. The van der Waals surface area contributed by atoms with Gasteiger partial charge in [0.15, 0.2) is 5.78 Å². The molecule has 0 aromatic heterocycles. The van der Waals surface area contributed by atoms with Gasteiger partial charge in [-0.2, -0.15) is 0 Å². The number of fused-ring (bicyclic) bond motifs is 6. The second kappa shape index (κ2) is 28.3. The van der Waals surface area contributed by atoms with Crippen molar-refractivity contribution in [2.45, 2.75) is 197 Å². The Labute approximate surface area is 566 Å². The Hall–Kier alpha value is -8.56. The van der Waals surface area contributed by atoms with Crippen molar-refractivity contribution in [2.75, 3.05) is 14.2 Å². The van der Waals surface area contributed by atoms with Gasteiger partial charge in [-0.25, -0.2) is 15.0 Å². The standard InChI is InChI=1S/C80H96N4O12/c1-19-56-49(7)59-37-61-51(9)58(32-34-67(87)92-17)72(83-61)70-71(74(89)69-52(10)62(84-73(69)70)39-64-57(20-2)50(8)60(82-64)38-63(56)81-59)75(90)95-55-41-77(14,15)80(79(43-55,96-80)36-35-68(88)93-18)44-65(86)48(6)30-24-29-46(4)26-22-21-25-45(3)27-23-28-47(5)31-33-66-76(12,13)40-54(94-53(11)85)42-78(66,16)91/h19,21-31,37-39,51,54-55,58,71,83,89,91H,1,20,32,34-36,40-44H2,2-18H3/b22-21+,27-23+,29-24+,45-25+,46-26+,47-28+,48-30+,61-37?,63-38?,64-39?,72-70?/t33?,51-,54-,55-,58-,71+,78+,79-,80+/m0/s1. The number of rotatable bonds is 21. The van der Waals surface area contributed by atoms with E-state index in [9.17, 15) is 29.4 Å². The molecule has 8 atom stereocenters. The lowest BCUT2D eigenvalue weighted by Gasteiger charge is -2.44. The highest BCUT2D eigenvalue weighted by atomic mass is 16.6. The number of aliphatic imine (C=N–C) groups is 3. The summed E-state index contributed by atoms with van der Waals surface area (Å²) in [5.74, 6) is -4.10. The quantitative estimate of drug-likeness (QED) is 0.0243. The number of aliphatic hydroxyl groups excluding tert-OH is 1. The largest absolute Gasteiger partial charge is 0.510 e. The van der Waals surface area contributed by atoms with Gasteiger partial charge in [0.05, 0.1) is 54.0 Å². The number of aliphatic hydroxyl groups is 2. The summed E-state index contributed by atoms with van der Waals surface area (Å²) in [7, 11) is 2.69. The van der Waals surface area contributed by atoms with Crippen LogP contribution in [0.15, 0.2) is 220 Å². The Bertz CT molecular complexity index is 4010. The van der Waals surface area contributed by atoms with E-state index in [0.29, 0.717) is 71.5 Å². The van der Waals surface area contributed by atoms with Gasteiger partial charge in [-0.05, 0) is 151 Å². The van der Waals surface area contributed by atoms with Crippen LogP contribution in [-0.4, -0.2) is 100 Å². The second-order valence-corrected chi connectivity index (χ2v) is 28.6. The van der Waals surface area contributed by atoms with Crippen molar-refractivity contribution in [1.29, 1.82) is 0 Å². The second-order valence-electron chi connectivity index (χ2n) is 28.6. The number of hydrogen-bond donors (Lipinski definition) is 3. The number of hydrogen-bond acceptors (Lipinski definition) is 16. The van der Waals surface area contributed by atoms with E-state index in [4.69, 9.17) is 38.7 Å². The Kier molecular flexibility index (Phi) is 21.1. The van der Waals surface area contributed by atoms with Crippen LogP contribution in [0.1, 0.15) is 168 Å². The molecule has 0 spiro atoms. The molecule has 9 rings (SSSR count). The van der Waals surface area contributed by atoms with E-state index in [1.807, 2.05) is 147 Å². The zero-order chi connectivity index (χ0) is 70.1. The number of carbonyl (C=O) groups is 5. The maximum atomic E-state index is 15.5. The van der Waals surface area contributed by atoms with Crippen LogP contribution in [0.25, 0.3) is 0 Å². The number of allylic oxidation sites excluding steroid dienone is 25. The van der Waals surface area contributed by atoms with Crippen molar-refractivity contribution in [1.82, 2.24) is 5.32 Å². The monoisotopic (exact) mass is 1300 g/mol. The number of carbonyl (C=O) groups excluding carboxylic acids is 5. The first kappa shape index (κ1) is 71.7. The molecule has 0 unspecified atom stereocenters. The average Bonchev–Trinajstić information content (AvgIpc) is 1.50. The number of methoxy groups -OCH3 is 2. The summed E-state index contributed by atoms with van der Waals surface area (Å²) in [6.07, 6.45) is 30.8. The molecule has 9 aliphatic rings. The third-order valence-corrected chi connectivity index (χ3v) is 20.7. The van der Waals surface area contributed by atoms with E-state index in [1.165, 1.54) is 21.1 Å². The molecule has 0 aromatic carbocycles. The maximum Gasteiger partial charge on any atom is 0.321 e. The van der Waals surface area contributed by atoms with E-state index in [2.05, 4.69) is 38.4 Å². The predicted molar refractivity (Wildman–Crippen MR) is 376 cm³/mol. The summed E-state index contributed by atoms with van der Waals surface area (Å²) in [6, 6.07) is 0. The van der Waals surface area contributed by atoms with Gasteiger partial charge in [-0.1, -0.05) is 126 Å². The molecule has 16 nitrogen and oxygen atoms in total. The Morgan fingerprint density at radius 1 is 0.760 bits per heavy atom. The summed E-state index contributed by atoms with van der Waals surface area (Å²) in [5.41, 5.74) is 14.1. The van der Waals surface area contributed by atoms with E-state index < -0.39 is 51.6 Å². The Morgan fingerprint density at radius 2 is 1.39 bits per heavy atom. The smallest absolute Gasteiger partial charge is 0.321 e. The first-order valence-electron chi connectivity index (χ1n) is 33.5. The molecule has 0 radical (unpaired) electrons. The molecular weight excluding hydrogens is 1210 g/mol. The first-order valence-corrected chi connectivity index (χ1v) is 33.5. The first-order chi connectivity index (χ1) is 45.2. The van der Waals surface area contributed by atoms with Crippen molar-refractivity contribution < 1.29 is 57.9 Å². The molecule has 2 saturated carbocycles. The van der Waals surface area contributed by atoms with Gasteiger partial charge in [0.25, 0.3) is 0 Å². The van der Waals surface area contributed by atoms with E-state index in [0.717, 1.165) is 73.1 Å². The molecule has 96 heavy (non-hydrogen) atoms. The number of nitrogens with one attached hydrogen (secondary N) is 1. The zero-order valence-electron chi connectivity index (χ0n) is 59.1. The van der Waals surface area contributed by atoms with Gasteiger partial charge >= 0.3 is 23.9 Å². The maximum absolute atomic E-state index is 15.5. The van der Waals surface area contributed by atoms with Crippen LogP contribution in [0.4, 0.5) is 0 Å². The van der Waals surface area contributed by atoms with Crippen molar-refractivity contribution >= 4 is 46.8 Å². The minimum absolute atomic E-state index is 0.00790. The van der Waals surface area contributed by atoms with E-state index in [-0.39, 0.29) is 73.5 Å². The zero-order valence-corrected chi connectivity index (χ0v) is 59.1. The lowest BCUT2D eigenvalue weighted by molar-refractivity contribution is -0.157. The third-order valence-electron chi connectivity index (χ3n) is 20.7. The topological polar surface area (TPSA) is 224 Å². The molecule has 2 saturated heterocycles.